The lowest BCUT2D eigenvalue weighted by atomic mass is 10.2. The molecule has 0 spiro atoms. The number of rotatable bonds is 10. The van der Waals surface area contributed by atoms with E-state index in [1.165, 1.54) is 11.3 Å². The van der Waals surface area contributed by atoms with Crippen molar-refractivity contribution in [1.29, 1.82) is 0 Å². The minimum Gasteiger partial charge on any atom is -0.395 e. The zero-order valence-electron chi connectivity index (χ0n) is 14.2. The van der Waals surface area contributed by atoms with Gasteiger partial charge in [-0.05, 0) is 17.9 Å². The predicted molar refractivity (Wildman–Crippen MR) is 101 cm³/mol. The fourth-order valence-electron chi connectivity index (χ4n) is 2.28. The molecule has 0 aliphatic rings. The maximum atomic E-state index is 12.3. The van der Waals surface area contributed by atoms with Gasteiger partial charge in [-0.15, -0.1) is 22.7 Å². The minimum absolute atomic E-state index is 0.0451. The smallest absolute Gasteiger partial charge is 0.231 e. The minimum atomic E-state index is -0.112. The Labute approximate surface area is 155 Å². The normalized spacial score (nSPS) is 10.6. The van der Waals surface area contributed by atoms with Crippen LogP contribution in [0.3, 0.4) is 0 Å². The lowest BCUT2D eigenvalue weighted by Crippen LogP contribution is -2.35. The first-order valence-electron chi connectivity index (χ1n) is 8.27. The van der Waals surface area contributed by atoms with E-state index < -0.39 is 0 Å². The van der Waals surface area contributed by atoms with Crippen molar-refractivity contribution < 1.29 is 14.7 Å². The van der Waals surface area contributed by atoms with Crippen LogP contribution in [0, 0.1) is 0 Å². The number of nitrogens with one attached hydrogen (secondary N) is 1. The van der Waals surface area contributed by atoms with Crippen molar-refractivity contribution in [3.8, 4) is 0 Å². The molecule has 0 unspecified atom stereocenters. The van der Waals surface area contributed by atoms with E-state index in [0.717, 1.165) is 17.7 Å². The van der Waals surface area contributed by atoms with Gasteiger partial charge in [-0.1, -0.05) is 19.4 Å². The third-order valence-electron chi connectivity index (χ3n) is 3.55. The van der Waals surface area contributed by atoms with Gasteiger partial charge in [0.1, 0.15) is 0 Å². The van der Waals surface area contributed by atoms with Crippen molar-refractivity contribution in [2.75, 3.05) is 25.0 Å². The lowest BCUT2D eigenvalue weighted by Gasteiger charge is -2.21. The van der Waals surface area contributed by atoms with Crippen LogP contribution >= 0.6 is 22.7 Å². The van der Waals surface area contributed by atoms with Crippen molar-refractivity contribution >= 4 is 39.6 Å². The van der Waals surface area contributed by atoms with E-state index in [1.54, 1.807) is 21.6 Å². The van der Waals surface area contributed by atoms with E-state index in [2.05, 4.69) is 17.2 Å². The number of carbonyl (C=O) groups is 2. The molecule has 2 N–H and O–H groups in total. The molecule has 2 rings (SSSR count). The van der Waals surface area contributed by atoms with E-state index in [9.17, 15) is 9.59 Å². The average molecular weight is 382 g/mol. The molecule has 2 aromatic rings. The van der Waals surface area contributed by atoms with Crippen molar-refractivity contribution in [3.05, 3.63) is 33.5 Å². The maximum absolute atomic E-state index is 12.3. The lowest BCUT2D eigenvalue weighted by molar-refractivity contribution is -0.131. The second-order valence-electron chi connectivity index (χ2n) is 5.58. The molecule has 0 fully saturated rings. The number of hydrogen-bond donors (Lipinski definition) is 2. The number of thiazole rings is 1. The van der Waals surface area contributed by atoms with E-state index in [-0.39, 0.29) is 24.8 Å². The zero-order chi connectivity index (χ0) is 18.1. The van der Waals surface area contributed by atoms with Gasteiger partial charge in [0.2, 0.25) is 11.8 Å². The Morgan fingerprint density at radius 2 is 2.12 bits per heavy atom. The van der Waals surface area contributed by atoms with Crippen LogP contribution in [-0.2, 0) is 22.4 Å². The van der Waals surface area contributed by atoms with Gasteiger partial charge in [-0.25, -0.2) is 4.98 Å². The molecular weight excluding hydrogens is 358 g/mol. The van der Waals surface area contributed by atoms with E-state index in [0.29, 0.717) is 30.3 Å². The molecule has 8 heteroatoms. The topological polar surface area (TPSA) is 82.5 Å². The number of carbonyl (C=O) groups excluding carboxylic acids is 2. The van der Waals surface area contributed by atoms with Gasteiger partial charge in [-0.3, -0.25) is 9.59 Å². The first-order valence-corrected chi connectivity index (χ1v) is 10.0. The number of amides is 2. The first-order chi connectivity index (χ1) is 12.1. The van der Waals surface area contributed by atoms with Crippen LogP contribution in [0.2, 0.25) is 0 Å². The van der Waals surface area contributed by atoms with Crippen molar-refractivity contribution in [1.82, 2.24) is 9.88 Å². The second kappa shape index (κ2) is 10.3. The summed E-state index contributed by atoms with van der Waals surface area (Å²) in [6, 6.07) is 3.83. The van der Waals surface area contributed by atoms with E-state index in [1.807, 2.05) is 17.5 Å². The van der Waals surface area contributed by atoms with Gasteiger partial charge in [0.25, 0.3) is 0 Å². The molecule has 0 bridgehead atoms. The highest BCUT2D eigenvalue weighted by Gasteiger charge is 2.15. The number of anilines is 1. The SMILES string of the molecule is CCCCN(CCO)C(=O)Cc1csc(NC(=O)Cc2cccs2)n1. The summed E-state index contributed by atoms with van der Waals surface area (Å²) in [5.74, 6) is -0.163. The van der Waals surface area contributed by atoms with Gasteiger partial charge in [0, 0.05) is 23.3 Å². The summed E-state index contributed by atoms with van der Waals surface area (Å²) in [5, 5.41) is 16.1. The molecule has 0 radical (unpaired) electrons. The molecule has 25 heavy (non-hydrogen) atoms. The number of aromatic nitrogens is 1. The van der Waals surface area contributed by atoms with Gasteiger partial charge < -0.3 is 15.3 Å². The summed E-state index contributed by atoms with van der Waals surface area (Å²) < 4.78 is 0. The Hall–Kier alpha value is -1.77. The summed E-state index contributed by atoms with van der Waals surface area (Å²) in [7, 11) is 0. The van der Waals surface area contributed by atoms with Gasteiger partial charge in [0.15, 0.2) is 5.13 Å². The number of nitrogens with zero attached hydrogens (tertiary/aromatic N) is 2. The Morgan fingerprint density at radius 1 is 1.28 bits per heavy atom. The Kier molecular flexibility index (Phi) is 8.03. The van der Waals surface area contributed by atoms with E-state index >= 15 is 0 Å². The van der Waals surface area contributed by atoms with Crippen LogP contribution in [-0.4, -0.2) is 46.5 Å². The standard InChI is InChI=1S/C17H23N3O3S2/c1-2-3-6-20(7-8-21)16(23)10-13-12-25-17(18-13)19-15(22)11-14-5-4-9-24-14/h4-5,9,12,21H,2-3,6-8,10-11H2,1H3,(H,18,19,22). The molecule has 136 valence electrons. The van der Waals surface area contributed by atoms with Crippen LogP contribution in [0.5, 0.6) is 0 Å². The van der Waals surface area contributed by atoms with E-state index in [4.69, 9.17) is 5.11 Å². The first kappa shape index (κ1) is 19.6. The summed E-state index contributed by atoms with van der Waals surface area (Å²) in [5.41, 5.74) is 0.640. The van der Waals surface area contributed by atoms with Crippen LogP contribution in [0.25, 0.3) is 0 Å². The number of thiophene rings is 1. The molecule has 0 saturated carbocycles. The van der Waals surface area contributed by atoms with Crippen LogP contribution in [0.1, 0.15) is 30.3 Å². The molecule has 0 aromatic carbocycles. The number of hydrogen-bond acceptors (Lipinski definition) is 6. The maximum Gasteiger partial charge on any atom is 0.231 e. The van der Waals surface area contributed by atoms with Crippen molar-refractivity contribution in [2.24, 2.45) is 0 Å². The molecule has 2 heterocycles. The molecule has 0 aliphatic carbocycles. The summed E-state index contributed by atoms with van der Waals surface area (Å²) in [4.78, 5) is 31.3. The molecular formula is C17H23N3O3S2. The van der Waals surface area contributed by atoms with Crippen molar-refractivity contribution in [3.63, 3.8) is 0 Å². The predicted octanol–water partition coefficient (Wildman–Crippen LogP) is 2.55. The highest BCUT2D eigenvalue weighted by Crippen LogP contribution is 2.17. The molecule has 2 aromatic heterocycles. The van der Waals surface area contributed by atoms with Crippen molar-refractivity contribution in [2.45, 2.75) is 32.6 Å². The Bertz CT molecular complexity index is 670. The number of aliphatic hydroxyl groups excluding tert-OH is 1. The molecule has 0 atom stereocenters. The van der Waals surface area contributed by atoms with Crippen LogP contribution in [0.4, 0.5) is 5.13 Å². The summed E-state index contributed by atoms with van der Waals surface area (Å²) in [6.45, 7) is 3.00. The van der Waals surface area contributed by atoms with Gasteiger partial charge >= 0.3 is 0 Å². The largest absolute Gasteiger partial charge is 0.395 e. The van der Waals surface area contributed by atoms with Crippen LogP contribution in [0.15, 0.2) is 22.9 Å². The highest BCUT2D eigenvalue weighted by atomic mass is 32.1. The number of unbranched alkanes of at least 4 members (excludes halogenated alkanes) is 1. The third kappa shape index (κ3) is 6.56. The van der Waals surface area contributed by atoms with Gasteiger partial charge in [0.05, 0.1) is 25.1 Å². The third-order valence-corrected chi connectivity index (χ3v) is 5.23. The fourth-order valence-corrected chi connectivity index (χ4v) is 3.71. The molecule has 0 saturated heterocycles. The number of aliphatic hydroxyl groups is 1. The van der Waals surface area contributed by atoms with Crippen LogP contribution < -0.4 is 5.32 Å². The molecule has 0 aliphatic heterocycles. The second-order valence-corrected chi connectivity index (χ2v) is 7.47. The Balaban J connectivity index is 1.86. The highest BCUT2D eigenvalue weighted by molar-refractivity contribution is 7.14. The Morgan fingerprint density at radius 3 is 2.80 bits per heavy atom. The monoisotopic (exact) mass is 381 g/mol. The summed E-state index contributed by atoms with van der Waals surface area (Å²) >= 11 is 2.86. The zero-order valence-corrected chi connectivity index (χ0v) is 15.9. The average Bonchev–Trinajstić information content (AvgIpc) is 3.23. The summed E-state index contributed by atoms with van der Waals surface area (Å²) in [6.07, 6.45) is 2.41. The molecule has 6 nitrogen and oxygen atoms in total. The van der Waals surface area contributed by atoms with Gasteiger partial charge in [-0.2, -0.15) is 0 Å². The fraction of sp³-hybridized carbons (Fsp3) is 0.471. The quantitative estimate of drug-likeness (QED) is 0.663. The molecule has 2 amide bonds.